The average Bonchev–Trinajstić information content (AvgIpc) is 2.67. The molecule has 5 nitrogen and oxygen atoms in total. The number of aliphatic hydroxyl groups is 1. The third-order valence-corrected chi connectivity index (χ3v) is 3.61. The van der Waals surface area contributed by atoms with Crippen molar-refractivity contribution in [3.8, 4) is 0 Å². The maximum Gasteiger partial charge on any atom is 0.265 e. The molecule has 0 atom stereocenters. The summed E-state index contributed by atoms with van der Waals surface area (Å²) in [6.07, 6.45) is 1.65. The molecule has 90 valence electrons. The van der Waals surface area contributed by atoms with E-state index in [9.17, 15) is 4.79 Å². The van der Waals surface area contributed by atoms with Crippen LogP contribution in [0.5, 0.6) is 0 Å². The Morgan fingerprint density at radius 1 is 1.65 bits per heavy atom. The summed E-state index contributed by atoms with van der Waals surface area (Å²) in [7, 11) is 1.63. The quantitative estimate of drug-likeness (QED) is 0.851. The molecule has 2 heterocycles. The van der Waals surface area contributed by atoms with Crippen molar-refractivity contribution >= 4 is 33.1 Å². The number of anilines is 1. The number of hydrogen-bond donors (Lipinski definition) is 2. The van der Waals surface area contributed by atoms with Gasteiger partial charge in [0, 0.05) is 19.8 Å². The first-order chi connectivity index (χ1) is 8.15. The zero-order valence-electron chi connectivity index (χ0n) is 9.38. The van der Waals surface area contributed by atoms with Crippen LogP contribution in [-0.2, 0) is 0 Å². The van der Waals surface area contributed by atoms with E-state index in [4.69, 9.17) is 10.8 Å². The van der Waals surface area contributed by atoms with E-state index in [1.165, 1.54) is 16.2 Å². The minimum atomic E-state index is -0.181. The lowest BCUT2D eigenvalue weighted by molar-refractivity contribution is 0.0772. The van der Waals surface area contributed by atoms with Gasteiger partial charge < -0.3 is 15.7 Å². The fourth-order valence-electron chi connectivity index (χ4n) is 1.53. The van der Waals surface area contributed by atoms with Crippen LogP contribution in [0.25, 0.3) is 10.2 Å². The van der Waals surface area contributed by atoms with Gasteiger partial charge in [0.15, 0.2) is 0 Å². The summed E-state index contributed by atoms with van der Waals surface area (Å²) in [5, 5.41) is 8.81. The van der Waals surface area contributed by atoms with E-state index >= 15 is 0 Å². The summed E-state index contributed by atoms with van der Waals surface area (Å²) >= 11 is 1.33. The van der Waals surface area contributed by atoms with Crippen LogP contribution in [-0.4, -0.2) is 41.1 Å². The number of carbonyl (C=O) groups excluding carboxylic acids is 1. The number of pyridine rings is 1. The van der Waals surface area contributed by atoms with Crippen molar-refractivity contribution in [2.45, 2.75) is 0 Å². The van der Waals surface area contributed by atoms with Crippen molar-refractivity contribution in [1.29, 1.82) is 0 Å². The molecule has 0 aliphatic rings. The number of nitrogen functional groups attached to an aromatic ring is 1. The minimum absolute atomic E-state index is 0.0642. The van der Waals surface area contributed by atoms with Gasteiger partial charge >= 0.3 is 0 Å². The summed E-state index contributed by atoms with van der Waals surface area (Å²) in [5.74, 6) is -0.181. The SMILES string of the molecule is CN(CCO)C(=O)c1sc2cccnc2c1N. The molecule has 0 spiro atoms. The summed E-state index contributed by atoms with van der Waals surface area (Å²) in [5.41, 5.74) is 6.99. The molecular formula is C11H13N3O2S. The summed E-state index contributed by atoms with van der Waals surface area (Å²) in [6, 6.07) is 3.69. The maximum atomic E-state index is 12.0. The largest absolute Gasteiger partial charge is 0.396 e. The molecule has 0 radical (unpaired) electrons. The van der Waals surface area contributed by atoms with Gasteiger partial charge in [0.2, 0.25) is 0 Å². The number of likely N-dealkylation sites (N-methyl/N-ethyl adjacent to an activating group) is 1. The van der Waals surface area contributed by atoms with E-state index in [-0.39, 0.29) is 12.5 Å². The Kier molecular flexibility index (Phi) is 3.26. The number of fused-ring (bicyclic) bond motifs is 1. The molecule has 0 saturated carbocycles. The highest BCUT2D eigenvalue weighted by Gasteiger charge is 2.19. The Labute approximate surface area is 102 Å². The Hall–Kier alpha value is -1.66. The number of thiophene rings is 1. The Morgan fingerprint density at radius 3 is 3.06 bits per heavy atom. The van der Waals surface area contributed by atoms with Crippen LogP contribution in [0.1, 0.15) is 9.67 Å². The van der Waals surface area contributed by atoms with Gasteiger partial charge in [-0.15, -0.1) is 11.3 Å². The topological polar surface area (TPSA) is 79.5 Å². The highest BCUT2D eigenvalue weighted by Crippen LogP contribution is 2.32. The van der Waals surface area contributed by atoms with Crippen LogP contribution >= 0.6 is 11.3 Å². The molecule has 6 heteroatoms. The van der Waals surface area contributed by atoms with Crippen LogP contribution < -0.4 is 5.73 Å². The highest BCUT2D eigenvalue weighted by molar-refractivity contribution is 7.21. The molecule has 0 aliphatic heterocycles. The second-order valence-corrected chi connectivity index (χ2v) is 4.70. The number of nitrogens with zero attached hydrogens (tertiary/aromatic N) is 2. The van der Waals surface area contributed by atoms with Gasteiger partial charge in [0.25, 0.3) is 5.91 Å². The summed E-state index contributed by atoms with van der Waals surface area (Å²) in [4.78, 5) is 18.1. The monoisotopic (exact) mass is 251 g/mol. The molecule has 1 amide bonds. The zero-order chi connectivity index (χ0) is 12.4. The van der Waals surface area contributed by atoms with Crippen molar-refractivity contribution in [2.24, 2.45) is 0 Å². The lowest BCUT2D eigenvalue weighted by atomic mass is 10.3. The molecule has 0 aromatic carbocycles. The van der Waals surface area contributed by atoms with Crippen molar-refractivity contribution in [1.82, 2.24) is 9.88 Å². The van der Waals surface area contributed by atoms with Crippen molar-refractivity contribution in [3.05, 3.63) is 23.2 Å². The van der Waals surface area contributed by atoms with Crippen LogP contribution in [0, 0.1) is 0 Å². The first kappa shape index (κ1) is 11.8. The summed E-state index contributed by atoms with van der Waals surface area (Å²) in [6.45, 7) is 0.227. The van der Waals surface area contributed by atoms with E-state index < -0.39 is 0 Å². The van der Waals surface area contributed by atoms with Gasteiger partial charge in [-0.25, -0.2) is 0 Å². The second kappa shape index (κ2) is 4.68. The molecule has 0 fully saturated rings. The minimum Gasteiger partial charge on any atom is -0.396 e. The third-order valence-electron chi connectivity index (χ3n) is 2.46. The molecule has 0 aliphatic carbocycles. The first-order valence-electron chi connectivity index (χ1n) is 5.14. The number of rotatable bonds is 3. The van der Waals surface area contributed by atoms with Crippen LogP contribution in [0.2, 0.25) is 0 Å². The van der Waals surface area contributed by atoms with Crippen LogP contribution in [0.3, 0.4) is 0 Å². The van der Waals surface area contributed by atoms with E-state index in [0.717, 1.165) is 4.70 Å². The van der Waals surface area contributed by atoms with Crippen molar-refractivity contribution in [3.63, 3.8) is 0 Å². The van der Waals surface area contributed by atoms with Crippen molar-refractivity contribution < 1.29 is 9.90 Å². The highest BCUT2D eigenvalue weighted by atomic mass is 32.1. The van der Waals surface area contributed by atoms with E-state index in [1.807, 2.05) is 12.1 Å². The third kappa shape index (κ3) is 2.09. The first-order valence-corrected chi connectivity index (χ1v) is 5.96. The van der Waals surface area contributed by atoms with Gasteiger partial charge in [0.1, 0.15) is 10.4 Å². The molecule has 2 aromatic heterocycles. The van der Waals surface area contributed by atoms with Gasteiger partial charge in [-0.2, -0.15) is 0 Å². The van der Waals surface area contributed by atoms with Gasteiger partial charge in [-0.1, -0.05) is 0 Å². The lowest BCUT2D eigenvalue weighted by Gasteiger charge is -2.14. The molecule has 0 unspecified atom stereocenters. The molecular weight excluding hydrogens is 238 g/mol. The van der Waals surface area contributed by atoms with Gasteiger partial charge in [-0.3, -0.25) is 9.78 Å². The number of carbonyl (C=O) groups is 1. The Balaban J connectivity index is 2.42. The number of amides is 1. The van der Waals surface area contributed by atoms with Crippen LogP contribution in [0.15, 0.2) is 18.3 Å². The Bertz CT molecular complexity index is 553. The molecule has 0 saturated heterocycles. The number of hydrogen-bond acceptors (Lipinski definition) is 5. The van der Waals surface area contributed by atoms with E-state index in [0.29, 0.717) is 22.6 Å². The van der Waals surface area contributed by atoms with E-state index in [1.54, 1.807) is 13.2 Å². The molecule has 2 aromatic rings. The average molecular weight is 251 g/mol. The van der Waals surface area contributed by atoms with Crippen LogP contribution in [0.4, 0.5) is 5.69 Å². The fraction of sp³-hybridized carbons (Fsp3) is 0.273. The number of nitrogens with two attached hydrogens (primary N) is 1. The van der Waals surface area contributed by atoms with E-state index in [2.05, 4.69) is 4.98 Å². The fourth-order valence-corrected chi connectivity index (χ4v) is 2.61. The smallest absolute Gasteiger partial charge is 0.265 e. The lowest BCUT2D eigenvalue weighted by Crippen LogP contribution is -2.29. The normalized spacial score (nSPS) is 10.7. The van der Waals surface area contributed by atoms with Gasteiger partial charge in [-0.05, 0) is 12.1 Å². The molecule has 0 bridgehead atoms. The van der Waals surface area contributed by atoms with Gasteiger partial charge in [0.05, 0.1) is 17.0 Å². The standard InChI is InChI=1S/C11H13N3O2S/c1-14(5-6-15)11(16)10-8(12)9-7(17-10)3-2-4-13-9/h2-4,15H,5-6,12H2,1H3. The number of aromatic nitrogens is 1. The second-order valence-electron chi connectivity index (χ2n) is 3.65. The number of aliphatic hydroxyl groups excluding tert-OH is 1. The molecule has 3 N–H and O–H groups in total. The Morgan fingerprint density at radius 2 is 2.41 bits per heavy atom. The predicted molar refractivity (Wildman–Crippen MR) is 68.1 cm³/mol. The maximum absolute atomic E-state index is 12.0. The predicted octanol–water partition coefficient (Wildman–Crippen LogP) is 0.943. The molecule has 17 heavy (non-hydrogen) atoms. The zero-order valence-corrected chi connectivity index (χ0v) is 10.2. The van der Waals surface area contributed by atoms with Crippen molar-refractivity contribution in [2.75, 3.05) is 25.9 Å². The molecule has 2 rings (SSSR count). The summed E-state index contributed by atoms with van der Waals surface area (Å²) < 4.78 is 0.894.